The van der Waals surface area contributed by atoms with Crippen molar-refractivity contribution < 1.29 is 262 Å². The van der Waals surface area contributed by atoms with Crippen LogP contribution in [0, 0.1) is 0 Å². The van der Waals surface area contributed by atoms with Crippen molar-refractivity contribution in [3.63, 3.8) is 0 Å². The van der Waals surface area contributed by atoms with E-state index < -0.39 is 30.0 Å². The van der Waals surface area contributed by atoms with Gasteiger partial charge in [-0.2, -0.15) is 0 Å². The molecule has 13 heteroatoms. The Morgan fingerprint density at radius 3 is 0.846 bits per heavy atom. The third-order valence-electron chi connectivity index (χ3n) is 0.200. The van der Waals surface area contributed by atoms with Crippen LogP contribution in [0.25, 0.3) is 0 Å². The predicted octanol–water partition coefficient (Wildman–Crippen LogP) is -17.1. The molecule has 0 heterocycles. The molecule has 0 aliphatic heterocycles. The zero-order valence-electron chi connectivity index (χ0n) is 7.75. The van der Waals surface area contributed by atoms with Crippen LogP contribution >= 0.6 is 0 Å². The van der Waals surface area contributed by atoms with E-state index in [1.165, 1.54) is 0 Å². The van der Waals surface area contributed by atoms with E-state index in [1.807, 2.05) is 0 Å². The maximum atomic E-state index is 9.40. The first-order valence-corrected chi connectivity index (χ1v) is 6.02. The second-order valence-corrected chi connectivity index (χ2v) is 5.08. The van der Waals surface area contributed by atoms with Crippen molar-refractivity contribution in [1.82, 2.24) is 0 Å². The van der Waals surface area contributed by atoms with Gasteiger partial charge in [-0.25, -0.2) is 0 Å². The van der Waals surface area contributed by atoms with Gasteiger partial charge in [-0.15, -0.1) is 0 Å². The van der Waals surface area contributed by atoms with Gasteiger partial charge in [0, 0.05) is 0 Å². The van der Waals surface area contributed by atoms with E-state index in [2.05, 4.69) is 2.59 Å². The number of hydrogen-bond acceptors (Lipinski definition) is 7. The van der Waals surface area contributed by atoms with Crippen LogP contribution in [0.2, 0.25) is 0 Å². The Balaban J connectivity index is -0.0000000533. The van der Waals surface area contributed by atoms with Gasteiger partial charge in [-0.3, -0.25) is 0 Å². The summed E-state index contributed by atoms with van der Waals surface area (Å²) < 4.78 is 59.0. The third kappa shape index (κ3) is 32.6. The van der Waals surface area contributed by atoms with Gasteiger partial charge in [0.1, 0.15) is 0 Å². The van der Waals surface area contributed by atoms with Crippen LogP contribution < -0.4 is 222 Å². The van der Waals surface area contributed by atoms with Crippen LogP contribution in [0.4, 0.5) is 0 Å². The van der Waals surface area contributed by atoms with E-state index in [0.29, 0.717) is 0 Å². The standard InChI is InChI=1S/4K.7O.2V/q4*+1;;;;4*-1;;. The molecular formula is K4O7V2. The number of hydrogen-bond donors (Lipinski definition) is 0. The van der Waals surface area contributed by atoms with Crippen LogP contribution in [0.3, 0.4) is 0 Å². The molecule has 0 aliphatic carbocycles. The molecule has 0 aromatic carbocycles. The maximum absolute atomic E-state index is 9.40. The summed E-state index contributed by atoms with van der Waals surface area (Å²) in [6, 6.07) is 0. The Morgan fingerprint density at radius 2 is 0.846 bits per heavy atom. The van der Waals surface area contributed by atoms with Crippen molar-refractivity contribution in [3.8, 4) is 0 Å². The summed E-state index contributed by atoms with van der Waals surface area (Å²) in [4.78, 5) is 0. The van der Waals surface area contributed by atoms with Gasteiger partial charge >= 0.3 is 262 Å². The SMILES string of the molecule is [K+].[K+].[K+].[K+].[O]=[V]([O-])([O-])[O][V](=[O])([O-])[O-]. The summed E-state index contributed by atoms with van der Waals surface area (Å²) in [6.07, 6.45) is 0. The van der Waals surface area contributed by atoms with Gasteiger partial charge in [0.25, 0.3) is 0 Å². The summed E-state index contributed by atoms with van der Waals surface area (Å²) >= 11 is -12.4. The Bertz CT molecular complexity index is 159. The average Bonchev–Trinajstić information content (AvgIpc) is 1.14. The molecule has 0 saturated carbocycles. The minimum absolute atomic E-state index is 0. The first kappa shape index (κ1) is 32.2. The molecule has 7 nitrogen and oxygen atoms in total. The van der Waals surface area contributed by atoms with Gasteiger partial charge < -0.3 is 0 Å². The zero-order valence-corrected chi connectivity index (χ0v) is 23.0. The monoisotopic (exact) mass is 370 g/mol. The van der Waals surface area contributed by atoms with E-state index in [0.717, 1.165) is 0 Å². The summed E-state index contributed by atoms with van der Waals surface area (Å²) in [7, 11) is 0. The van der Waals surface area contributed by atoms with Crippen LogP contribution in [0.1, 0.15) is 0 Å². The van der Waals surface area contributed by atoms with Gasteiger partial charge in [0.05, 0.1) is 0 Å². The van der Waals surface area contributed by atoms with Gasteiger partial charge in [0.15, 0.2) is 0 Å². The fourth-order valence-electron chi connectivity index (χ4n) is 0.122. The third-order valence-corrected chi connectivity index (χ3v) is 3.40. The van der Waals surface area contributed by atoms with Crippen molar-refractivity contribution in [1.29, 1.82) is 0 Å². The fraction of sp³-hybridized carbons (Fsp3) is 0. The van der Waals surface area contributed by atoms with E-state index in [1.54, 1.807) is 0 Å². The van der Waals surface area contributed by atoms with Crippen molar-refractivity contribution in [3.05, 3.63) is 0 Å². The van der Waals surface area contributed by atoms with Crippen molar-refractivity contribution in [2.75, 3.05) is 0 Å². The second kappa shape index (κ2) is 15.5. The molecule has 0 rings (SSSR count). The van der Waals surface area contributed by atoms with Crippen LogP contribution in [-0.2, 0) is 40.0 Å². The van der Waals surface area contributed by atoms with Crippen molar-refractivity contribution >= 4 is 0 Å². The number of rotatable bonds is 2. The molecule has 56 valence electrons. The summed E-state index contributed by atoms with van der Waals surface area (Å²) in [5, 5.41) is 0. The molecule has 13 heavy (non-hydrogen) atoms. The fourth-order valence-corrected chi connectivity index (χ4v) is 2.08. The Labute approximate surface area is 252 Å². The van der Waals surface area contributed by atoms with E-state index in [9.17, 15) is 23.5 Å². The van der Waals surface area contributed by atoms with Crippen LogP contribution in [0.15, 0.2) is 0 Å². The Morgan fingerprint density at radius 1 is 0.692 bits per heavy atom. The van der Waals surface area contributed by atoms with Crippen molar-refractivity contribution in [2.24, 2.45) is 0 Å². The summed E-state index contributed by atoms with van der Waals surface area (Å²) in [6.45, 7) is 0. The summed E-state index contributed by atoms with van der Waals surface area (Å²) in [5.41, 5.74) is 0. The molecule has 0 spiro atoms. The van der Waals surface area contributed by atoms with Gasteiger partial charge in [-0.05, 0) is 0 Å². The molecule has 0 unspecified atom stereocenters. The minimum atomic E-state index is -6.21. The molecule has 0 aliphatic rings. The molecular weight excluding hydrogens is 370 g/mol. The first-order valence-electron chi connectivity index (χ1n) is 1.46. The topological polar surface area (TPSA) is 136 Å². The van der Waals surface area contributed by atoms with E-state index >= 15 is 0 Å². The van der Waals surface area contributed by atoms with Crippen LogP contribution in [-0.4, -0.2) is 0 Å². The second-order valence-electron chi connectivity index (χ2n) is 0.976. The zero-order chi connectivity index (χ0) is 7.71. The molecule has 0 atom stereocenters. The average molecular weight is 370 g/mol. The summed E-state index contributed by atoms with van der Waals surface area (Å²) in [5.74, 6) is 0. The van der Waals surface area contributed by atoms with Gasteiger partial charge in [0.2, 0.25) is 0 Å². The molecule has 0 saturated heterocycles. The Hall–Kier alpha value is 7.11. The van der Waals surface area contributed by atoms with Crippen molar-refractivity contribution in [2.45, 2.75) is 0 Å². The quantitative estimate of drug-likeness (QED) is 0.440. The molecule has 0 N–H and O–H groups in total. The van der Waals surface area contributed by atoms with E-state index in [-0.39, 0.29) is 206 Å². The van der Waals surface area contributed by atoms with Gasteiger partial charge in [-0.1, -0.05) is 0 Å². The molecule has 0 aromatic heterocycles. The Kier molecular flexibility index (Phi) is 38.4. The van der Waals surface area contributed by atoms with Crippen LogP contribution in [0.5, 0.6) is 0 Å². The normalized spacial score (nSPS) is 9.54. The molecule has 0 bridgehead atoms. The predicted molar refractivity (Wildman–Crippen MR) is 2.46 cm³/mol. The molecule has 0 fully saturated rings. The molecule has 0 radical (unpaired) electrons. The molecule has 0 aromatic rings. The van der Waals surface area contributed by atoms with E-state index in [4.69, 9.17) is 0 Å². The first-order chi connectivity index (χ1) is 3.71. The molecule has 0 amide bonds.